The van der Waals surface area contributed by atoms with Crippen LogP contribution < -0.4 is 10.2 Å². The van der Waals surface area contributed by atoms with Gasteiger partial charge in [-0.2, -0.15) is 0 Å². The minimum Gasteiger partial charge on any atom is -0.383 e. The van der Waals surface area contributed by atoms with Crippen molar-refractivity contribution in [3.63, 3.8) is 0 Å². The fourth-order valence-corrected chi connectivity index (χ4v) is 2.13. The minimum atomic E-state index is 0.553. The van der Waals surface area contributed by atoms with Gasteiger partial charge in [-0.1, -0.05) is 6.92 Å². The smallest absolute Gasteiger partial charge is 0.0367 e. The maximum atomic E-state index is 3.49. The molecular formula is C14H22N2. The molecule has 1 N–H and O–H groups in total. The van der Waals surface area contributed by atoms with Crippen molar-refractivity contribution in [1.82, 2.24) is 0 Å². The van der Waals surface area contributed by atoms with E-state index >= 15 is 0 Å². The highest BCUT2D eigenvalue weighted by Crippen LogP contribution is 2.22. The first-order valence-electron chi connectivity index (χ1n) is 6.41. The molecule has 88 valence electrons. The SMILES string of the molecule is CCC(C)Nc1ccc(N2CCCC2)cc1. The molecule has 0 spiro atoms. The molecular weight excluding hydrogens is 196 g/mol. The number of benzene rings is 1. The van der Waals surface area contributed by atoms with Crippen molar-refractivity contribution < 1.29 is 0 Å². The predicted molar refractivity (Wildman–Crippen MR) is 71.3 cm³/mol. The minimum absolute atomic E-state index is 0.553. The van der Waals surface area contributed by atoms with Crippen LogP contribution in [-0.4, -0.2) is 19.1 Å². The molecule has 1 aliphatic heterocycles. The second-order valence-electron chi connectivity index (χ2n) is 4.69. The van der Waals surface area contributed by atoms with E-state index < -0.39 is 0 Å². The Hall–Kier alpha value is -1.18. The molecule has 2 nitrogen and oxygen atoms in total. The largest absolute Gasteiger partial charge is 0.383 e. The number of nitrogens with one attached hydrogen (secondary N) is 1. The van der Waals surface area contributed by atoms with E-state index in [9.17, 15) is 0 Å². The summed E-state index contributed by atoms with van der Waals surface area (Å²) in [5, 5.41) is 3.49. The van der Waals surface area contributed by atoms with Gasteiger partial charge in [0.15, 0.2) is 0 Å². The van der Waals surface area contributed by atoms with Crippen molar-refractivity contribution in [2.45, 2.75) is 39.2 Å². The molecule has 1 heterocycles. The maximum Gasteiger partial charge on any atom is 0.0367 e. The fraction of sp³-hybridized carbons (Fsp3) is 0.571. The predicted octanol–water partition coefficient (Wildman–Crippen LogP) is 3.50. The van der Waals surface area contributed by atoms with E-state index in [1.807, 2.05) is 0 Å². The normalized spacial score (nSPS) is 17.5. The van der Waals surface area contributed by atoms with Crippen molar-refractivity contribution in [3.8, 4) is 0 Å². The molecule has 0 bridgehead atoms. The summed E-state index contributed by atoms with van der Waals surface area (Å²) in [6.45, 7) is 6.86. The highest BCUT2D eigenvalue weighted by molar-refractivity contribution is 5.55. The average molecular weight is 218 g/mol. The van der Waals surface area contributed by atoms with Crippen LogP contribution in [0.5, 0.6) is 0 Å². The highest BCUT2D eigenvalue weighted by Gasteiger charge is 2.11. The molecule has 0 aliphatic carbocycles. The lowest BCUT2D eigenvalue weighted by molar-refractivity contribution is 0.764. The topological polar surface area (TPSA) is 15.3 Å². The van der Waals surface area contributed by atoms with Crippen molar-refractivity contribution >= 4 is 11.4 Å². The summed E-state index contributed by atoms with van der Waals surface area (Å²) in [5.41, 5.74) is 2.60. The number of hydrogen-bond acceptors (Lipinski definition) is 2. The first kappa shape index (κ1) is 11.3. The van der Waals surface area contributed by atoms with Crippen LogP contribution in [0.3, 0.4) is 0 Å². The van der Waals surface area contributed by atoms with E-state index in [4.69, 9.17) is 0 Å². The third kappa shape index (κ3) is 2.69. The van der Waals surface area contributed by atoms with Crippen molar-refractivity contribution in [3.05, 3.63) is 24.3 Å². The van der Waals surface area contributed by atoms with Crippen LogP contribution >= 0.6 is 0 Å². The average Bonchev–Trinajstić information content (AvgIpc) is 2.83. The van der Waals surface area contributed by atoms with Gasteiger partial charge in [-0.05, 0) is 50.5 Å². The lowest BCUT2D eigenvalue weighted by Crippen LogP contribution is -2.17. The van der Waals surface area contributed by atoms with Gasteiger partial charge in [-0.25, -0.2) is 0 Å². The van der Waals surface area contributed by atoms with Gasteiger partial charge in [0, 0.05) is 30.5 Å². The van der Waals surface area contributed by atoms with Gasteiger partial charge in [0.1, 0.15) is 0 Å². The molecule has 1 aromatic carbocycles. The Labute approximate surface area is 98.7 Å². The van der Waals surface area contributed by atoms with Gasteiger partial charge in [0.05, 0.1) is 0 Å². The van der Waals surface area contributed by atoms with Gasteiger partial charge in [-0.15, -0.1) is 0 Å². The Bertz CT molecular complexity index is 312. The molecule has 2 heteroatoms. The van der Waals surface area contributed by atoms with E-state index in [2.05, 4.69) is 48.3 Å². The third-order valence-electron chi connectivity index (χ3n) is 3.36. The van der Waals surface area contributed by atoms with E-state index in [1.165, 1.54) is 37.3 Å². The summed E-state index contributed by atoms with van der Waals surface area (Å²) in [5.74, 6) is 0. The first-order chi connectivity index (χ1) is 7.79. The molecule has 2 rings (SSSR count). The molecule has 1 fully saturated rings. The van der Waals surface area contributed by atoms with Crippen molar-refractivity contribution in [1.29, 1.82) is 0 Å². The second-order valence-corrected chi connectivity index (χ2v) is 4.69. The Morgan fingerprint density at radius 3 is 2.38 bits per heavy atom. The third-order valence-corrected chi connectivity index (χ3v) is 3.36. The summed E-state index contributed by atoms with van der Waals surface area (Å²) < 4.78 is 0. The Morgan fingerprint density at radius 1 is 1.19 bits per heavy atom. The van der Waals surface area contributed by atoms with Gasteiger partial charge < -0.3 is 10.2 Å². The quantitative estimate of drug-likeness (QED) is 0.832. The Kier molecular flexibility index (Phi) is 3.70. The summed E-state index contributed by atoms with van der Waals surface area (Å²) >= 11 is 0. The number of hydrogen-bond donors (Lipinski definition) is 1. The number of anilines is 2. The molecule has 0 aromatic heterocycles. The molecule has 0 radical (unpaired) electrons. The molecule has 0 amide bonds. The fourth-order valence-electron chi connectivity index (χ4n) is 2.13. The van der Waals surface area contributed by atoms with Crippen molar-refractivity contribution in [2.24, 2.45) is 0 Å². The Morgan fingerprint density at radius 2 is 1.81 bits per heavy atom. The maximum absolute atomic E-state index is 3.49. The van der Waals surface area contributed by atoms with Gasteiger partial charge in [-0.3, -0.25) is 0 Å². The van der Waals surface area contributed by atoms with Gasteiger partial charge >= 0.3 is 0 Å². The second kappa shape index (κ2) is 5.24. The van der Waals surface area contributed by atoms with Crippen LogP contribution in [0.1, 0.15) is 33.1 Å². The summed E-state index contributed by atoms with van der Waals surface area (Å²) in [7, 11) is 0. The number of nitrogens with zero attached hydrogens (tertiary/aromatic N) is 1. The van der Waals surface area contributed by atoms with Crippen LogP contribution in [0.4, 0.5) is 11.4 Å². The van der Waals surface area contributed by atoms with E-state index in [0.29, 0.717) is 6.04 Å². The molecule has 1 aliphatic rings. The van der Waals surface area contributed by atoms with E-state index in [0.717, 1.165) is 6.42 Å². The van der Waals surface area contributed by atoms with Crippen LogP contribution in [0.2, 0.25) is 0 Å². The summed E-state index contributed by atoms with van der Waals surface area (Å²) in [4.78, 5) is 2.47. The standard InChI is InChI=1S/C14H22N2/c1-3-12(2)15-13-6-8-14(9-7-13)16-10-4-5-11-16/h6-9,12,15H,3-5,10-11H2,1-2H3. The van der Waals surface area contributed by atoms with Crippen LogP contribution in [0, 0.1) is 0 Å². The monoisotopic (exact) mass is 218 g/mol. The molecule has 1 atom stereocenters. The first-order valence-corrected chi connectivity index (χ1v) is 6.41. The lowest BCUT2D eigenvalue weighted by atomic mass is 10.2. The zero-order valence-corrected chi connectivity index (χ0v) is 10.4. The van der Waals surface area contributed by atoms with Gasteiger partial charge in [0.25, 0.3) is 0 Å². The van der Waals surface area contributed by atoms with Crippen LogP contribution in [0.25, 0.3) is 0 Å². The summed E-state index contributed by atoms with van der Waals surface area (Å²) in [6.07, 6.45) is 3.84. The molecule has 1 unspecified atom stereocenters. The molecule has 0 saturated carbocycles. The Balaban J connectivity index is 1.98. The van der Waals surface area contributed by atoms with E-state index in [1.54, 1.807) is 0 Å². The van der Waals surface area contributed by atoms with Crippen LogP contribution in [-0.2, 0) is 0 Å². The van der Waals surface area contributed by atoms with Crippen molar-refractivity contribution in [2.75, 3.05) is 23.3 Å². The zero-order chi connectivity index (χ0) is 11.4. The molecule has 1 aromatic rings. The molecule has 1 saturated heterocycles. The number of rotatable bonds is 4. The molecule has 16 heavy (non-hydrogen) atoms. The zero-order valence-electron chi connectivity index (χ0n) is 10.4. The van der Waals surface area contributed by atoms with Crippen LogP contribution in [0.15, 0.2) is 24.3 Å². The van der Waals surface area contributed by atoms with E-state index in [-0.39, 0.29) is 0 Å². The van der Waals surface area contributed by atoms with Gasteiger partial charge in [0.2, 0.25) is 0 Å². The lowest BCUT2D eigenvalue weighted by Gasteiger charge is -2.19. The summed E-state index contributed by atoms with van der Waals surface area (Å²) in [6, 6.07) is 9.41. The highest BCUT2D eigenvalue weighted by atomic mass is 15.1.